The van der Waals surface area contributed by atoms with Gasteiger partial charge in [-0.3, -0.25) is 0 Å². The average Bonchev–Trinajstić information content (AvgIpc) is 2.70. The monoisotopic (exact) mass is 378 g/mol. The van der Waals surface area contributed by atoms with E-state index >= 15 is 0 Å². The summed E-state index contributed by atoms with van der Waals surface area (Å²) in [7, 11) is 0. The first-order valence-electron chi connectivity index (χ1n) is 8.43. The summed E-state index contributed by atoms with van der Waals surface area (Å²) in [6.45, 7) is -0.300. The normalized spacial score (nSPS) is 10.9. The lowest BCUT2D eigenvalue weighted by atomic mass is 10.1. The number of rotatable bonds is 4. The Morgan fingerprint density at radius 2 is 1.14 bits per heavy atom. The third-order valence-corrected chi connectivity index (χ3v) is 4.16. The lowest BCUT2D eigenvalue weighted by molar-refractivity contribution is 0.0450. The van der Waals surface area contributed by atoms with E-state index in [2.05, 4.69) is 0 Å². The number of para-hydroxylation sites is 2. The van der Waals surface area contributed by atoms with E-state index in [1.54, 1.807) is 48.5 Å². The molecule has 0 fully saturated rings. The van der Waals surface area contributed by atoms with Gasteiger partial charge >= 0.3 is 17.4 Å². The van der Waals surface area contributed by atoms with Crippen LogP contribution in [0, 0.1) is 0 Å². The molecule has 28 heavy (non-hydrogen) atoms. The first-order valence-corrected chi connectivity index (χ1v) is 8.43. The molecule has 0 atom stereocenters. The second-order valence-electron chi connectivity index (χ2n) is 6.00. The van der Waals surface area contributed by atoms with Gasteiger partial charge in [0, 0.05) is 34.0 Å². The maximum absolute atomic E-state index is 12.0. The van der Waals surface area contributed by atoms with Crippen molar-refractivity contribution in [3.05, 3.63) is 92.6 Å². The van der Waals surface area contributed by atoms with Crippen LogP contribution >= 0.6 is 0 Å². The number of fused-ring (bicyclic) bond motifs is 2. The maximum Gasteiger partial charge on any atom is 0.508 e. The Morgan fingerprint density at radius 3 is 1.61 bits per heavy atom. The minimum atomic E-state index is -0.922. The highest BCUT2D eigenvalue weighted by Gasteiger charge is 2.11. The van der Waals surface area contributed by atoms with E-state index in [0.717, 1.165) is 0 Å². The molecule has 0 saturated heterocycles. The van der Waals surface area contributed by atoms with Crippen LogP contribution in [-0.4, -0.2) is 6.16 Å². The number of ether oxygens (including phenoxy) is 2. The number of carbonyl (C=O) groups is 1. The van der Waals surface area contributed by atoms with Gasteiger partial charge in [0.2, 0.25) is 0 Å². The van der Waals surface area contributed by atoms with Crippen LogP contribution in [0.5, 0.6) is 0 Å². The molecule has 2 aromatic heterocycles. The Kier molecular flexibility index (Phi) is 4.63. The molecule has 0 unspecified atom stereocenters. The van der Waals surface area contributed by atoms with Crippen LogP contribution < -0.4 is 11.3 Å². The van der Waals surface area contributed by atoms with Gasteiger partial charge in [-0.25, -0.2) is 14.4 Å². The number of benzene rings is 2. The molecule has 0 radical (unpaired) electrons. The summed E-state index contributed by atoms with van der Waals surface area (Å²) >= 11 is 0. The third kappa shape index (κ3) is 3.64. The van der Waals surface area contributed by atoms with Crippen molar-refractivity contribution in [2.24, 2.45) is 0 Å². The van der Waals surface area contributed by atoms with Gasteiger partial charge in [0.15, 0.2) is 0 Å². The second kappa shape index (κ2) is 7.40. The van der Waals surface area contributed by atoms with Gasteiger partial charge in [-0.15, -0.1) is 0 Å². The summed E-state index contributed by atoms with van der Waals surface area (Å²) < 4.78 is 20.4. The predicted molar refractivity (Wildman–Crippen MR) is 99.9 cm³/mol. The smallest absolute Gasteiger partial charge is 0.429 e. The molecular weight excluding hydrogens is 364 g/mol. The van der Waals surface area contributed by atoms with Gasteiger partial charge in [-0.05, 0) is 12.1 Å². The van der Waals surface area contributed by atoms with Crippen molar-refractivity contribution in [2.45, 2.75) is 13.2 Å². The van der Waals surface area contributed by atoms with Crippen LogP contribution in [0.15, 0.2) is 79.1 Å². The van der Waals surface area contributed by atoms with Crippen molar-refractivity contribution in [1.82, 2.24) is 0 Å². The lowest BCUT2D eigenvalue weighted by Gasteiger charge is -2.09. The molecular formula is C21H14O7. The molecule has 0 aliphatic rings. The summed E-state index contributed by atoms with van der Waals surface area (Å²) in [6, 6.07) is 16.4. The zero-order chi connectivity index (χ0) is 19.5. The summed E-state index contributed by atoms with van der Waals surface area (Å²) in [6.07, 6.45) is -0.922. The molecule has 4 rings (SSSR count). The van der Waals surface area contributed by atoms with E-state index in [9.17, 15) is 14.4 Å². The summed E-state index contributed by atoms with van der Waals surface area (Å²) in [4.78, 5) is 35.3. The van der Waals surface area contributed by atoms with Crippen molar-refractivity contribution in [1.29, 1.82) is 0 Å². The Labute approximate surface area is 157 Å². The van der Waals surface area contributed by atoms with Crippen LogP contribution in [0.1, 0.15) is 11.1 Å². The van der Waals surface area contributed by atoms with Gasteiger partial charge < -0.3 is 18.3 Å². The van der Waals surface area contributed by atoms with Crippen LogP contribution in [0.3, 0.4) is 0 Å². The fourth-order valence-electron chi connectivity index (χ4n) is 2.91. The van der Waals surface area contributed by atoms with E-state index < -0.39 is 17.4 Å². The van der Waals surface area contributed by atoms with E-state index in [4.69, 9.17) is 18.3 Å². The first kappa shape index (κ1) is 17.5. The van der Waals surface area contributed by atoms with Gasteiger partial charge in [0.05, 0.1) is 0 Å². The minimum Gasteiger partial charge on any atom is -0.429 e. The third-order valence-electron chi connectivity index (χ3n) is 4.16. The standard InChI is InChI=1S/C21H14O7/c22-19-9-13(15-5-1-3-7-17(15)27-19)11-25-21(24)26-12-14-10-20(23)28-18-8-4-2-6-16(14)18/h1-10H,11-12H2. The van der Waals surface area contributed by atoms with Crippen LogP contribution in [0.2, 0.25) is 0 Å². The first-order chi connectivity index (χ1) is 13.6. The minimum absolute atomic E-state index is 0.150. The fourth-order valence-corrected chi connectivity index (χ4v) is 2.91. The molecule has 0 amide bonds. The Morgan fingerprint density at radius 1 is 0.714 bits per heavy atom. The molecule has 2 heterocycles. The molecule has 7 nitrogen and oxygen atoms in total. The quantitative estimate of drug-likeness (QED) is 0.394. The summed E-state index contributed by atoms with van der Waals surface area (Å²) in [5.74, 6) is 0. The van der Waals surface area contributed by atoms with Crippen LogP contribution in [0.4, 0.5) is 4.79 Å². The highest BCUT2D eigenvalue weighted by molar-refractivity contribution is 5.81. The van der Waals surface area contributed by atoms with Gasteiger partial charge in [0.1, 0.15) is 24.4 Å². The van der Waals surface area contributed by atoms with E-state index in [1.807, 2.05) is 0 Å². The number of hydrogen-bond donors (Lipinski definition) is 0. The fraction of sp³-hybridized carbons (Fsp3) is 0.0952. The number of carbonyl (C=O) groups excluding carboxylic acids is 1. The zero-order valence-electron chi connectivity index (χ0n) is 14.5. The highest BCUT2D eigenvalue weighted by Crippen LogP contribution is 2.19. The van der Waals surface area contributed by atoms with Crippen molar-refractivity contribution < 1.29 is 23.1 Å². The molecule has 0 spiro atoms. The zero-order valence-corrected chi connectivity index (χ0v) is 14.5. The Balaban J connectivity index is 1.47. The highest BCUT2D eigenvalue weighted by atomic mass is 16.7. The van der Waals surface area contributed by atoms with Gasteiger partial charge in [-0.1, -0.05) is 36.4 Å². The molecule has 0 bridgehead atoms. The largest absolute Gasteiger partial charge is 0.508 e. The maximum atomic E-state index is 12.0. The van der Waals surface area contributed by atoms with E-state index in [-0.39, 0.29) is 13.2 Å². The van der Waals surface area contributed by atoms with Gasteiger partial charge in [0.25, 0.3) is 0 Å². The average molecular weight is 378 g/mol. The van der Waals surface area contributed by atoms with Crippen molar-refractivity contribution in [2.75, 3.05) is 0 Å². The van der Waals surface area contributed by atoms with E-state index in [1.165, 1.54) is 12.1 Å². The van der Waals surface area contributed by atoms with Crippen molar-refractivity contribution in [3.8, 4) is 0 Å². The van der Waals surface area contributed by atoms with Crippen molar-refractivity contribution in [3.63, 3.8) is 0 Å². The summed E-state index contributed by atoms with van der Waals surface area (Å²) in [5, 5.41) is 1.34. The molecule has 4 aromatic rings. The molecule has 2 aromatic carbocycles. The molecule has 0 aliphatic heterocycles. The Hall–Kier alpha value is -3.87. The second-order valence-corrected chi connectivity index (χ2v) is 6.00. The van der Waals surface area contributed by atoms with Crippen LogP contribution in [-0.2, 0) is 22.7 Å². The van der Waals surface area contributed by atoms with Crippen LogP contribution in [0.25, 0.3) is 21.9 Å². The Bertz CT molecular complexity index is 1180. The SMILES string of the molecule is O=C(OCc1cc(=O)oc2ccccc12)OCc1cc(=O)oc2ccccc12. The molecule has 0 saturated carbocycles. The van der Waals surface area contributed by atoms with Gasteiger partial charge in [-0.2, -0.15) is 0 Å². The predicted octanol–water partition coefficient (Wildman–Crippen LogP) is 3.75. The molecule has 0 aliphatic carbocycles. The topological polar surface area (TPSA) is 96.0 Å². The molecule has 7 heteroatoms. The molecule has 0 N–H and O–H groups in total. The van der Waals surface area contributed by atoms with Crippen molar-refractivity contribution >= 4 is 28.1 Å². The van der Waals surface area contributed by atoms with E-state index in [0.29, 0.717) is 33.1 Å². The number of hydrogen-bond acceptors (Lipinski definition) is 7. The summed E-state index contributed by atoms with van der Waals surface area (Å²) in [5.41, 5.74) is 0.763. The lowest BCUT2D eigenvalue weighted by Crippen LogP contribution is -2.10. The molecule has 140 valence electrons.